The second kappa shape index (κ2) is 5.50. The number of benzene rings is 1. The van der Waals surface area contributed by atoms with Gasteiger partial charge in [0.05, 0.1) is 0 Å². The van der Waals surface area contributed by atoms with Gasteiger partial charge in [-0.25, -0.2) is 14.4 Å². The van der Waals surface area contributed by atoms with Gasteiger partial charge in [0.25, 0.3) is 0 Å². The van der Waals surface area contributed by atoms with Crippen molar-refractivity contribution in [2.75, 3.05) is 12.4 Å². The largest absolute Gasteiger partial charge is 0.383 e. The lowest BCUT2D eigenvalue weighted by molar-refractivity contribution is 0.627. The molecule has 1 aromatic carbocycles. The van der Waals surface area contributed by atoms with Crippen LogP contribution in [-0.2, 0) is 6.42 Å². The van der Waals surface area contributed by atoms with E-state index in [1.807, 2.05) is 0 Å². The van der Waals surface area contributed by atoms with E-state index in [9.17, 15) is 4.39 Å². The van der Waals surface area contributed by atoms with Crippen molar-refractivity contribution >= 4 is 28.9 Å². The Balaban J connectivity index is 2.27. The highest BCUT2D eigenvalue weighted by atomic mass is 35.5. The molecule has 0 bridgehead atoms. The van der Waals surface area contributed by atoms with Crippen molar-refractivity contribution in [3.8, 4) is 0 Å². The van der Waals surface area contributed by atoms with Crippen LogP contribution in [0.1, 0.15) is 11.4 Å². The van der Waals surface area contributed by atoms with Crippen molar-refractivity contribution in [3.63, 3.8) is 0 Å². The summed E-state index contributed by atoms with van der Waals surface area (Å²) in [6.07, 6.45) is 0.448. The predicted molar refractivity (Wildman–Crippen MR) is 70.8 cm³/mol. The number of halogens is 3. The van der Waals surface area contributed by atoms with Gasteiger partial charge in [0.15, 0.2) is 10.3 Å². The monoisotopic (exact) mass is 285 g/mol. The Morgan fingerprint density at radius 1 is 1.11 bits per heavy atom. The zero-order valence-electron chi connectivity index (χ0n) is 9.54. The van der Waals surface area contributed by atoms with Crippen LogP contribution in [0.25, 0.3) is 0 Å². The van der Waals surface area contributed by atoms with Crippen LogP contribution in [0.5, 0.6) is 0 Å². The van der Waals surface area contributed by atoms with Crippen LogP contribution in [0.3, 0.4) is 0 Å². The molecule has 0 spiro atoms. The van der Waals surface area contributed by atoms with Gasteiger partial charge in [-0.1, -0.05) is 35.3 Å². The summed E-state index contributed by atoms with van der Waals surface area (Å²) in [4.78, 5) is 8.27. The summed E-state index contributed by atoms with van der Waals surface area (Å²) in [5.74, 6) is 0.219. The average molecular weight is 286 g/mol. The summed E-state index contributed by atoms with van der Waals surface area (Å²) >= 11 is 11.9. The van der Waals surface area contributed by atoms with Crippen molar-refractivity contribution in [2.45, 2.75) is 6.42 Å². The van der Waals surface area contributed by atoms with Gasteiger partial charge in [0.1, 0.15) is 17.3 Å². The Hall–Kier alpha value is -1.39. The van der Waals surface area contributed by atoms with Gasteiger partial charge in [0, 0.05) is 13.5 Å². The van der Waals surface area contributed by atoms with E-state index in [0.717, 1.165) is 5.56 Å². The Kier molecular flexibility index (Phi) is 3.99. The maximum atomic E-state index is 12.8. The average Bonchev–Trinajstić information content (AvgIpc) is 2.32. The molecule has 1 N–H and O–H groups in total. The summed E-state index contributed by atoms with van der Waals surface area (Å²) in [6, 6.07) is 6.13. The summed E-state index contributed by atoms with van der Waals surface area (Å²) < 4.78 is 12.8. The molecular weight excluding hydrogens is 276 g/mol. The predicted octanol–water partition coefficient (Wildman–Crippen LogP) is 3.56. The summed E-state index contributed by atoms with van der Waals surface area (Å²) in [6.45, 7) is 0. The first-order chi connectivity index (χ1) is 8.60. The highest BCUT2D eigenvalue weighted by Crippen LogP contribution is 2.26. The van der Waals surface area contributed by atoms with Crippen LogP contribution in [-0.4, -0.2) is 17.0 Å². The molecule has 94 valence electrons. The smallest absolute Gasteiger partial charge is 0.157 e. The van der Waals surface area contributed by atoms with Crippen LogP contribution in [0.15, 0.2) is 24.3 Å². The molecule has 0 amide bonds. The molecular formula is C12H10Cl2FN3. The van der Waals surface area contributed by atoms with Crippen molar-refractivity contribution in [1.82, 2.24) is 9.97 Å². The van der Waals surface area contributed by atoms with Crippen molar-refractivity contribution < 1.29 is 4.39 Å². The maximum Gasteiger partial charge on any atom is 0.157 e. The number of anilines is 1. The Bertz CT molecular complexity index is 535. The molecule has 3 nitrogen and oxygen atoms in total. The minimum atomic E-state index is -0.277. The minimum Gasteiger partial charge on any atom is -0.383 e. The number of nitrogens with zero attached hydrogens (tertiary/aromatic N) is 2. The van der Waals surface area contributed by atoms with Crippen LogP contribution in [0.2, 0.25) is 10.3 Å². The van der Waals surface area contributed by atoms with Crippen LogP contribution >= 0.6 is 23.2 Å². The second-order valence-corrected chi connectivity index (χ2v) is 4.37. The van der Waals surface area contributed by atoms with E-state index in [-0.39, 0.29) is 16.1 Å². The van der Waals surface area contributed by atoms with E-state index in [1.165, 1.54) is 12.1 Å². The van der Waals surface area contributed by atoms with E-state index in [0.29, 0.717) is 17.9 Å². The van der Waals surface area contributed by atoms with E-state index >= 15 is 0 Å². The van der Waals surface area contributed by atoms with Gasteiger partial charge in [-0.2, -0.15) is 0 Å². The first-order valence-electron chi connectivity index (χ1n) is 5.24. The molecule has 1 aromatic heterocycles. The number of aromatic nitrogens is 2. The molecule has 0 aliphatic heterocycles. The lowest BCUT2D eigenvalue weighted by Gasteiger charge is -2.07. The number of hydrogen-bond acceptors (Lipinski definition) is 3. The third-order valence-corrected chi connectivity index (χ3v) is 2.94. The molecule has 0 radical (unpaired) electrons. The number of rotatable bonds is 3. The molecule has 6 heteroatoms. The first-order valence-corrected chi connectivity index (χ1v) is 6.00. The van der Waals surface area contributed by atoms with E-state index < -0.39 is 0 Å². The highest BCUT2D eigenvalue weighted by Gasteiger charge is 2.10. The molecule has 0 aliphatic carbocycles. The summed E-state index contributed by atoms with van der Waals surface area (Å²) in [5.41, 5.74) is 1.39. The van der Waals surface area contributed by atoms with Gasteiger partial charge < -0.3 is 5.32 Å². The fourth-order valence-electron chi connectivity index (χ4n) is 1.52. The second-order valence-electron chi connectivity index (χ2n) is 3.65. The highest BCUT2D eigenvalue weighted by molar-refractivity contribution is 6.37. The molecule has 18 heavy (non-hydrogen) atoms. The lowest BCUT2D eigenvalue weighted by Crippen LogP contribution is -2.02. The van der Waals surface area contributed by atoms with Gasteiger partial charge in [-0.15, -0.1) is 0 Å². The minimum absolute atomic E-state index is 0.273. The molecule has 1 heterocycles. The van der Waals surface area contributed by atoms with Gasteiger partial charge in [0.2, 0.25) is 0 Å². The summed E-state index contributed by atoms with van der Waals surface area (Å²) in [7, 11) is 1.69. The van der Waals surface area contributed by atoms with Gasteiger partial charge in [-0.3, -0.25) is 0 Å². The van der Waals surface area contributed by atoms with Crippen LogP contribution in [0, 0.1) is 5.82 Å². The zero-order chi connectivity index (χ0) is 13.1. The van der Waals surface area contributed by atoms with Crippen molar-refractivity contribution in [1.29, 1.82) is 0 Å². The molecule has 0 aliphatic rings. The van der Waals surface area contributed by atoms with Gasteiger partial charge in [-0.05, 0) is 17.7 Å². The first kappa shape index (κ1) is 13.1. The van der Waals surface area contributed by atoms with Gasteiger partial charge >= 0.3 is 0 Å². The third-order valence-electron chi connectivity index (χ3n) is 2.39. The van der Waals surface area contributed by atoms with E-state index in [4.69, 9.17) is 23.2 Å². The SMILES string of the molecule is CNc1c(Cl)nc(Cc2ccc(F)cc2)nc1Cl. The fraction of sp³-hybridized carbons (Fsp3) is 0.167. The normalized spacial score (nSPS) is 10.4. The molecule has 0 saturated carbocycles. The molecule has 0 unspecified atom stereocenters. The molecule has 2 aromatic rings. The molecule has 2 rings (SSSR count). The summed E-state index contributed by atoms with van der Waals surface area (Å²) in [5, 5.41) is 3.37. The van der Waals surface area contributed by atoms with Crippen LogP contribution < -0.4 is 5.32 Å². The van der Waals surface area contributed by atoms with Crippen molar-refractivity contribution in [3.05, 3.63) is 51.8 Å². The topological polar surface area (TPSA) is 37.8 Å². The fourth-order valence-corrected chi connectivity index (χ4v) is 2.13. The maximum absolute atomic E-state index is 12.8. The number of hydrogen-bond donors (Lipinski definition) is 1. The molecule has 0 saturated heterocycles. The standard InChI is InChI=1S/C12H10Cl2FN3/c1-16-10-11(13)17-9(18-12(10)14)6-7-2-4-8(15)5-3-7/h2-5,16H,6H2,1H3. The van der Waals surface area contributed by atoms with E-state index in [2.05, 4.69) is 15.3 Å². The third kappa shape index (κ3) is 2.89. The van der Waals surface area contributed by atoms with Crippen LogP contribution in [0.4, 0.5) is 10.1 Å². The van der Waals surface area contributed by atoms with E-state index in [1.54, 1.807) is 19.2 Å². The molecule has 0 atom stereocenters. The quantitative estimate of drug-likeness (QED) is 0.877. The lowest BCUT2D eigenvalue weighted by atomic mass is 10.1. The Morgan fingerprint density at radius 3 is 2.17 bits per heavy atom. The Morgan fingerprint density at radius 2 is 1.67 bits per heavy atom. The Labute approximate surface area is 114 Å². The number of nitrogens with one attached hydrogen (secondary N) is 1. The molecule has 0 fully saturated rings. The zero-order valence-corrected chi connectivity index (χ0v) is 11.1. The van der Waals surface area contributed by atoms with Crippen molar-refractivity contribution in [2.24, 2.45) is 0 Å².